The molecular formula is C12H15N3O6. The molecule has 4 N–H and O–H groups in total. The molecule has 0 aromatic carbocycles. The highest BCUT2D eigenvalue weighted by atomic mass is 16.4. The zero-order chi connectivity index (χ0) is 16.2. The van der Waals surface area contributed by atoms with Crippen molar-refractivity contribution in [1.82, 2.24) is 15.3 Å². The van der Waals surface area contributed by atoms with Crippen LogP contribution in [0.3, 0.4) is 0 Å². The third-order valence-electron chi connectivity index (χ3n) is 2.80. The molecule has 0 bridgehead atoms. The Morgan fingerprint density at radius 1 is 1.29 bits per heavy atom. The van der Waals surface area contributed by atoms with Crippen molar-refractivity contribution >= 4 is 17.8 Å². The van der Waals surface area contributed by atoms with Crippen molar-refractivity contribution in [3.05, 3.63) is 27.4 Å². The Labute approximate surface area is 119 Å². The van der Waals surface area contributed by atoms with Crippen molar-refractivity contribution in [3.8, 4) is 0 Å². The number of carboxylic acid groups (broad SMARTS) is 2. The van der Waals surface area contributed by atoms with Crippen molar-refractivity contribution in [1.29, 1.82) is 0 Å². The number of hydrogen-bond donors (Lipinski definition) is 4. The molecule has 0 spiro atoms. The lowest BCUT2D eigenvalue weighted by Gasteiger charge is -2.13. The summed E-state index contributed by atoms with van der Waals surface area (Å²) in [7, 11) is 0. The maximum absolute atomic E-state index is 11.8. The number of nitrogens with zero attached hydrogens (tertiary/aromatic N) is 1. The predicted octanol–water partition coefficient (Wildman–Crippen LogP) is -1.03. The van der Waals surface area contributed by atoms with Crippen LogP contribution in [0.15, 0.2) is 4.79 Å². The topological polar surface area (TPSA) is 149 Å². The minimum absolute atomic E-state index is 0.204. The molecule has 114 valence electrons. The number of carboxylic acids is 2. The van der Waals surface area contributed by atoms with Gasteiger partial charge in [0.1, 0.15) is 6.04 Å². The smallest absolute Gasteiger partial charge is 0.345 e. The van der Waals surface area contributed by atoms with Crippen LogP contribution < -0.4 is 11.0 Å². The first-order valence-corrected chi connectivity index (χ1v) is 6.01. The second-order valence-corrected chi connectivity index (χ2v) is 4.46. The Balaban J connectivity index is 2.84. The number of aliphatic carboxylic acids is 2. The van der Waals surface area contributed by atoms with E-state index in [0.717, 1.165) is 0 Å². The summed E-state index contributed by atoms with van der Waals surface area (Å²) >= 11 is 0. The van der Waals surface area contributed by atoms with E-state index in [9.17, 15) is 19.2 Å². The van der Waals surface area contributed by atoms with Crippen LogP contribution in [0.5, 0.6) is 0 Å². The lowest BCUT2D eigenvalue weighted by atomic mass is 10.1. The molecule has 0 aliphatic heterocycles. The summed E-state index contributed by atoms with van der Waals surface area (Å²) in [5.41, 5.74) is 0.735. The molecule has 0 saturated heterocycles. The van der Waals surface area contributed by atoms with Gasteiger partial charge >= 0.3 is 17.6 Å². The van der Waals surface area contributed by atoms with Gasteiger partial charge in [-0.3, -0.25) is 9.59 Å². The third kappa shape index (κ3) is 4.71. The molecule has 0 aliphatic rings. The van der Waals surface area contributed by atoms with Crippen LogP contribution in [-0.4, -0.2) is 44.1 Å². The number of aromatic nitrogens is 2. The van der Waals surface area contributed by atoms with Gasteiger partial charge in [-0.2, -0.15) is 4.98 Å². The fourth-order valence-corrected chi connectivity index (χ4v) is 1.80. The van der Waals surface area contributed by atoms with Gasteiger partial charge in [-0.15, -0.1) is 0 Å². The minimum atomic E-state index is -1.51. The van der Waals surface area contributed by atoms with Crippen molar-refractivity contribution in [2.75, 3.05) is 0 Å². The highest BCUT2D eigenvalue weighted by Gasteiger charge is 2.23. The maximum Gasteiger partial charge on any atom is 0.345 e. The number of rotatable bonds is 6. The van der Waals surface area contributed by atoms with E-state index in [0.29, 0.717) is 17.0 Å². The normalized spacial score (nSPS) is 11.7. The van der Waals surface area contributed by atoms with E-state index in [4.69, 9.17) is 10.2 Å². The highest BCUT2D eigenvalue weighted by molar-refractivity contribution is 5.87. The second-order valence-electron chi connectivity index (χ2n) is 4.46. The van der Waals surface area contributed by atoms with E-state index in [2.05, 4.69) is 15.3 Å². The Bertz CT molecular complexity index is 610. The molecule has 1 rings (SSSR count). The molecule has 1 amide bonds. The van der Waals surface area contributed by atoms with Crippen LogP contribution in [0.1, 0.15) is 23.4 Å². The van der Waals surface area contributed by atoms with E-state index in [1.165, 1.54) is 0 Å². The molecule has 0 fully saturated rings. The minimum Gasteiger partial charge on any atom is -0.481 e. The van der Waals surface area contributed by atoms with Crippen molar-refractivity contribution in [2.45, 2.75) is 32.7 Å². The van der Waals surface area contributed by atoms with Crippen LogP contribution in [0, 0.1) is 13.8 Å². The number of amides is 1. The highest BCUT2D eigenvalue weighted by Crippen LogP contribution is 2.07. The lowest BCUT2D eigenvalue weighted by Crippen LogP contribution is -2.43. The van der Waals surface area contributed by atoms with Gasteiger partial charge in [-0.1, -0.05) is 0 Å². The van der Waals surface area contributed by atoms with Crippen LogP contribution in [0.4, 0.5) is 0 Å². The molecule has 0 radical (unpaired) electrons. The largest absolute Gasteiger partial charge is 0.481 e. The molecule has 0 aliphatic carbocycles. The number of aryl methyl sites for hydroxylation is 2. The van der Waals surface area contributed by atoms with Gasteiger partial charge < -0.3 is 20.5 Å². The van der Waals surface area contributed by atoms with E-state index in [1.807, 2.05) is 0 Å². The zero-order valence-electron chi connectivity index (χ0n) is 11.5. The summed E-state index contributed by atoms with van der Waals surface area (Å²) in [4.78, 5) is 50.4. The summed E-state index contributed by atoms with van der Waals surface area (Å²) in [6, 6.07) is -1.51. The molecule has 1 atom stereocenters. The third-order valence-corrected chi connectivity index (χ3v) is 2.80. The second kappa shape index (κ2) is 6.64. The molecular weight excluding hydrogens is 282 g/mol. The van der Waals surface area contributed by atoms with Crippen molar-refractivity contribution < 1.29 is 24.6 Å². The van der Waals surface area contributed by atoms with Gasteiger partial charge in [0, 0.05) is 17.0 Å². The first kappa shape index (κ1) is 16.3. The van der Waals surface area contributed by atoms with Crippen molar-refractivity contribution in [3.63, 3.8) is 0 Å². The van der Waals surface area contributed by atoms with Crippen LogP contribution in [-0.2, 0) is 20.8 Å². The quantitative estimate of drug-likeness (QED) is 0.524. The monoisotopic (exact) mass is 297 g/mol. The van der Waals surface area contributed by atoms with Gasteiger partial charge in [-0.05, 0) is 13.8 Å². The Morgan fingerprint density at radius 2 is 1.90 bits per heavy atom. The Hall–Kier alpha value is -2.71. The summed E-state index contributed by atoms with van der Waals surface area (Å²) in [5.74, 6) is -3.43. The van der Waals surface area contributed by atoms with Gasteiger partial charge in [0.2, 0.25) is 5.91 Å². The van der Waals surface area contributed by atoms with E-state index in [1.54, 1.807) is 13.8 Å². The number of nitrogens with one attached hydrogen (secondary N) is 2. The van der Waals surface area contributed by atoms with Crippen LogP contribution >= 0.6 is 0 Å². The number of aromatic amines is 1. The number of carbonyl (C=O) groups excluding carboxylic acids is 1. The average molecular weight is 297 g/mol. The first-order chi connectivity index (χ1) is 9.70. The number of hydrogen-bond acceptors (Lipinski definition) is 5. The summed E-state index contributed by atoms with van der Waals surface area (Å²) < 4.78 is 0. The van der Waals surface area contributed by atoms with E-state index >= 15 is 0 Å². The standard InChI is InChI=1S/C12H15N3O6/c1-5-7(6(2)14-12(21)13-5)3-9(16)15-8(11(19)20)4-10(17)18/h8H,3-4H2,1-2H3,(H,15,16)(H,17,18)(H,19,20)(H,13,14,21). The summed E-state index contributed by atoms with van der Waals surface area (Å²) in [6.45, 7) is 3.14. The van der Waals surface area contributed by atoms with Gasteiger partial charge in [0.25, 0.3) is 0 Å². The van der Waals surface area contributed by atoms with Gasteiger partial charge in [0.15, 0.2) is 0 Å². The fraction of sp³-hybridized carbons (Fsp3) is 0.417. The number of carbonyl (C=O) groups is 3. The Morgan fingerprint density at radius 3 is 2.38 bits per heavy atom. The van der Waals surface area contributed by atoms with Gasteiger partial charge in [-0.25, -0.2) is 9.59 Å². The number of H-pyrrole nitrogens is 1. The SMILES string of the molecule is Cc1nc(=O)[nH]c(C)c1CC(=O)NC(CC(=O)O)C(=O)O. The summed E-state index contributed by atoms with van der Waals surface area (Å²) in [6.07, 6.45) is -0.923. The summed E-state index contributed by atoms with van der Waals surface area (Å²) in [5, 5.41) is 19.6. The predicted molar refractivity (Wildman–Crippen MR) is 69.9 cm³/mol. The Kier molecular flexibility index (Phi) is 5.17. The molecule has 0 saturated carbocycles. The van der Waals surface area contributed by atoms with Crippen LogP contribution in [0.25, 0.3) is 0 Å². The molecule has 1 aromatic rings. The van der Waals surface area contributed by atoms with Crippen LogP contribution in [0.2, 0.25) is 0 Å². The van der Waals surface area contributed by atoms with E-state index in [-0.39, 0.29) is 6.42 Å². The molecule has 9 nitrogen and oxygen atoms in total. The molecule has 1 heterocycles. The van der Waals surface area contributed by atoms with Crippen molar-refractivity contribution in [2.24, 2.45) is 0 Å². The molecule has 9 heteroatoms. The van der Waals surface area contributed by atoms with E-state index < -0.39 is 36.0 Å². The average Bonchev–Trinajstić information content (AvgIpc) is 2.32. The molecule has 21 heavy (non-hydrogen) atoms. The molecule has 1 unspecified atom stereocenters. The maximum atomic E-state index is 11.8. The lowest BCUT2D eigenvalue weighted by molar-refractivity contribution is -0.147. The van der Waals surface area contributed by atoms with Gasteiger partial charge in [0.05, 0.1) is 12.8 Å². The first-order valence-electron chi connectivity index (χ1n) is 6.01. The fourth-order valence-electron chi connectivity index (χ4n) is 1.80. The molecule has 1 aromatic heterocycles. The zero-order valence-corrected chi connectivity index (χ0v) is 11.5.